The lowest BCUT2D eigenvalue weighted by Gasteiger charge is -2.35. The molecule has 1 rings (SSSR count). The van der Waals surface area contributed by atoms with Crippen LogP contribution in [0.25, 0.3) is 0 Å². The summed E-state index contributed by atoms with van der Waals surface area (Å²) < 4.78 is 0. The highest BCUT2D eigenvalue weighted by molar-refractivity contribution is 5.66. The van der Waals surface area contributed by atoms with Gasteiger partial charge in [-0.3, -0.25) is 9.69 Å². The van der Waals surface area contributed by atoms with Gasteiger partial charge in [0.15, 0.2) is 0 Å². The maximum Gasteiger partial charge on any atom is 0.303 e. The molecule has 0 aliphatic carbocycles. The van der Waals surface area contributed by atoms with Crippen LogP contribution in [0.4, 0.5) is 0 Å². The molecule has 80 valence electrons. The van der Waals surface area contributed by atoms with Crippen molar-refractivity contribution in [2.45, 2.75) is 18.9 Å². The molecule has 1 aliphatic rings. The smallest absolute Gasteiger partial charge is 0.303 e. The van der Waals surface area contributed by atoms with Crippen molar-refractivity contribution in [3.05, 3.63) is 12.7 Å². The number of hydrogen-bond acceptors (Lipinski definition) is 3. The van der Waals surface area contributed by atoms with Gasteiger partial charge in [0.1, 0.15) is 0 Å². The third-order valence-corrected chi connectivity index (χ3v) is 2.53. The highest BCUT2D eigenvalue weighted by Crippen LogP contribution is 2.09. The number of carbonyl (C=O) groups is 1. The van der Waals surface area contributed by atoms with Gasteiger partial charge in [0.05, 0.1) is 0 Å². The zero-order chi connectivity index (χ0) is 10.4. The lowest BCUT2D eigenvalue weighted by atomic mass is 10.1. The molecule has 1 saturated heterocycles. The first kappa shape index (κ1) is 11.2. The third-order valence-electron chi connectivity index (χ3n) is 2.53. The SMILES string of the molecule is C=CCN1CCNCC1CCC(=O)O. The number of carboxylic acids is 1. The Morgan fingerprint density at radius 1 is 1.71 bits per heavy atom. The topological polar surface area (TPSA) is 52.6 Å². The summed E-state index contributed by atoms with van der Waals surface area (Å²) in [6.45, 7) is 7.42. The predicted molar refractivity (Wildman–Crippen MR) is 55.3 cm³/mol. The first-order chi connectivity index (χ1) is 6.74. The highest BCUT2D eigenvalue weighted by atomic mass is 16.4. The number of rotatable bonds is 5. The molecule has 1 fully saturated rings. The van der Waals surface area contributed by atoms with E-state index in [1.807, 2.05) is 6.08 Å². The second-order valence-corrected chi connectivity index (χ2v) is 3.57. The highest BCUT2D eigenvalue weighted by Gasteiger charge is 2.21. The summed E-state index contributed by atoms with van der Waals surface area (Å²) in [4.78, 5) is 12.7. The number of nitrogens with one attached hydrogen (secondary N) is 1. The minimum atomic E-state index is -0.714. The molecule has 1 unspecified atom stereocenters. The fourth-order valence-corrected chi connectivity index (χ4v) is 1.78. The van der Waals surface area contributed by atoms with Gasteiger partial charge in [-0.25, -0.2) is 0 Å². The summed E-state index contributed by atoms with van der Waals surface area (Å²) in [7, 11) is 0. The van der Waals surface area contributed by atoms with Crippen LogP contribution >= 0.6 is 0 Å². The zero-order valence-corrected chi connectivity index (χ0v) is 8.41. The molecule has 1 heterocycles. The van der Waals surface area contributed by atoms with Crippen molar-refractivity contribution >= 4 is 5.97 Å². The second-order valence-electron chi connectivity index (χ2n) is 3.57. The molecule has 0 spiro atoms. The molecule has 0 aromatic rings. The summed E-state index contributed by atoms with van der Waals surface area (Å²) in [5.41, 5.74) is 0. The van der Waals surface area contributed by atoms with Crippen molar-refractivity contribution in [1.29, 1.82) is 0 Å². The van der Waals surface area contributed by atoms with Gasteiger partial charge in [0.2, 0.25) is 0 Å². The van der Waals surface area contributed by atoms with Crippen molar-refractivity contribution in [3.63, 3.8) is 0 Å². The van der Waals surface area contributed by atoms with Crippen molar-refractivity contribution in [2.24, 2.45) is 0 Å². The minimum Gasteiger partial charge on any atom is -0.481 e. The van der Waals surface area contributed by atoms with E-state index in [0.717, 1.165) is 32.6 Å². The van der Waals surface area contributed by atoms with Gasteiger partial charge in [-0.2, -0.15) is 0 Å². The summed E-state index contributed by atoms with van der Waals surface area (Å²) >= 11 is 0. The van der Waals surface area contributed by atoms with Crippen LogP contribution in [0.1, 0.15) is 12.8 Å². The summed E-state index contributed by atoms with van der Waals surface area (Å²) in [6.07, 6.45) is 2.84. The Labute approximate surface area is 84.6 Å². The molecule has 0 bridgehead atoms. The maximum absolute atomic E-state index is 10.4. The van der Waals surface area contributed by atoms with Gasteiger partial charge in [0.25, 0.3) is 0 Å². The first-order valence-corrected chi connectivity index (χ1v) is 5.01. The van der Waals surface area contributed by atoms with E-state index in [1.165, 1.54) is 0 Å². The number of carboxylic acid groups (broad SMARTS) is 1. The molecule has 0 radical (unpaired) electrons. The summed E-state index contributed by atoms with van der Waals surface area (Å²) in [5.74, 6) is -0.714. The van der Waals surface area contributed by atoms with Crippen LogP contribution in [-0.4, -0.2) is 48.2 Å². The first-order valence-electron chi connectivity index (χ1n) is 5.01. The van der Waals surface area contributed by atoms with Gasteiger partial charge < -0.3 is 10.4 Å². The largest absolute Gasteiger partial charge is 0.481 e. The normalized spacial score (nSPS) is 23.3. The molecule has 0 aromatic carbocycles. The van der Waals surface area contributed by atoms with Gasteiger partial charge in [-0.15, -0.1) is 6.58 Å². The van der Waals surface area contributed by atoms with E-state index in [4.69, 9.17) is 5.11 Å². The number of nitrogens with zero attached hydrogens (tertiary/aromatic N) is 1. The van der Waals surface area contributed by atoms with E-state index >= 15 is 0 Å². The predicted octanol–water partition coefficient (Wildman–Crippen LogP) is 0.311. The molecule has 1 atom stereocenters. The lowest BCUT2D eigenvalue weighted by molar-refractivity contribution is -0.137. The minimum absolute atomic E-state index is 0.250. The molecule has 0 amide bonds. The van der Waals surface area contributed by atoms with Gasteiger partial charge in [-0.05, 0) is 6.42 Å². The van der Waals surface area contributed by atoms with E-state index in [2.05, 4.69) is 16.8 Å². The molecule has 1 aliphatic heterocycles. The number of aliphatic carboxylic acids is 1. The van der Waals surface area contributed by atoms with E-state index in [1.54, 1.807) is 0 Å². The zero-order valence-electron chi connectivity index (χ0n) is 8.41. The second kappa shape index (κ2) is 5.78. The Morgan fingerprint density at radius 3 is 3.14 bits per heavy atom. The van der Waals surface area contributed by atoms with E-state index in [9.17, 15) is 4.79 Å². The number of hydrogen-bond donors (Lipinski definition) is 2. The average molecular weight is 198 g/mol. The standard InChI is InChI=1S/C10H18N2O2/c1-2-6-12-7-5-11-8-9(12)3-4-10(13)14/h2,9,11H,1,3-8H2,(H,13,14). The van der Waals surface area contributed by atoms with Crippen LogP contribution in [0.15, 0.2) is 12.7 Å². The van der Waals surface area contributed by atoms with Crippen LogP contribution < -0.4 is 5.32 Å². The molecular weight excluding hydrogens is 180 g/mol. The van der Waals surface area contributed by atoms with Crippen molar-refractivity contribution in [2.75, 3.05) is 26.2 Å². The Balaban J connectivity index is 2.37. The fraction of sp³-hybridized carbons (Fsp3) is 0.700. The summed E-state index contributed by atoms with van der Waals surface area (Å²) in [5, 5.41) is 11.9. The molecule has 4 heteroatoms. The fourth-order valence-electron chi connectivity index (χ4n) is 1.78. The molecule has 0 saturated carbocycles. The molecule has 2 N–H and O–H groups in total. The van der Waals surface area contributed by atoms with E-state index in [0.29, 0.717) is 6.04 Å². The van der Waals surface area contributed by atoms with Gasteiger partial charge in [-0.1, -0.05) is 6.08 Å². The van der Waals surface area contributed by atoms with Crippen LogP contribution in [0.3, 0.4) is 0 Å². The van der Waals surface area contributed by atoms with Crippen molar-refractivity contribution in [3.8, 4) is 0 Å². The van der Waals surface area contributed by atoms with Crippen LogP contribution in [0.2, 0.25) is 0 Å². The third kappa shape index (κ3) is 3.47. The quantitative estimate of drug-likeness (QED) is 0.624. The maximum atomic E-state index is 10.4. The van der Waals surface area contributed by atoms with E-state index < -0.39 is 5.97 Å². The van der Waals surface area contributed by atoms with Crippen molar-refractivity contribution < 1.29 is 9.90 Å². The Hall–Kier alpha value is -0.870. The van der Waals surface area contributed by atoms with Crippen molar-refractivity contribution in [1.82, 2.24) is 10.2 Å². The Kier molecular flexibility index (Phi) is 4.62. The average Bonchev–Trinajstić information content (AvgIpc) is 2.17. The monoisotopic (exact) mass is 198 g/mol. The molecule has 14 heavy (non-hydrogen) atoms. The number of piperazine rings is 1. The molecular formula is C10H18N2O2. The lowest BCUT2D eigenvalue weighted by Crippen LogP contribution is -2.51. The van der Waals surface area contributed by atoms with Crippen LogP contribution in [0.5, 0.6) is 0 Å². The van der Waals surface area contributed by atoms with E-state index in [-0.39, 0.29) is 6.42 Å². The van der Waals surface area contributed by atoms with Gasteiger partial charge >= 0.3 is 5.97 Å². The Bertz CT molecular complexity index is 206. The molecule has 4 nitrogen and oxygen atoms in total. The Morgan fingerprint density at radius 2 is 2.50 bits per heavy atom. The van der Waals surface area contributed by atoms with Gasteiger partial charge in [0, 0.05) is 38.6 Å². The van der Waals surface area contributed by atoms with Crippen LogP contribution in [-0.2, 0) is 4.79 Å². The summed E-state index contributed by atoms with van der Waals surface area (Å²) in [6, 6.07) is 0.345. The molecule has 0 aromatic heterocycles. The van der Waals surface area contributed by atoms with Crippen LogP contribution in [0, 0.1) is 0 Å².